The van der Waals surface area contributed by atoms with E-state index >= 15 is 0 Å². The average molecular weight is 1510 g/mol. The van der Waals surface area contributed by atoms with Crippen molar-refractivity contribution in [1.29, 1.82) is 0 Å². The third kappa shape index (κ3) is 76.7. The Hall–Kier alpha value is -3.50. The summed E-state index contributed by atoms with van der Waals surface area (Å²) in [5.74, 6) is -2.17. The molecule has 0 heterocycles. The molecule has 0 saturated carbocycles. The summed E-state index contributed by atoms with van der Waals surface area (Å²) in [6.07, 6.45) is 80.0. The van der Waals surface area contributed by atoms with E-state index in [0.29, 0.717) is 25.7 Å². The van der Waals surface area contributed by atoms with Gasteiger partial charge in [-0.25, -0.2) is 9.13 Å². The topological polar surface area (TPSA) is 237 Å². The number of esters is 4. The molecule has 0 aromatic heterocycles. The lowest BCUT2D eigenvalue weighted by Crippen LogP contribution is -2.30. The fourth-order valence-corrected chi connectivity index (χ4v) is 13.4. The van der Waals surface area contributed by atoms with E-state index in [2.05, 4.69) is 101 Å². The Balaban J connectivity index is 5.34. The predicted molar refractivity (Wildman–Crippen MR) is 427 cm³/mol. The smallest absolute Gasteiger partial charge is 0.462 e. The van der Waals surface area contributed by atoms with E-state index in [1.54, 1.807) is 0 Å². The highest BCUT2D eigenvalue weighted by Gasteiger charge is 2.30. The van der Waals surface area contributed by atoms with Crippen LogP contribution in [0.1, 0.15) is 387 Å². The molecule has 0 aliphatic carbocycles. The fourth-order valence-electron chi connectivity index (χ4n) is 11.8. The number of carbonyl (C=O) groups excluding carboxylic acids is 4. The summed E-state index contributed by atoms with van der Waals surface area (Å²) in [6, 6.07) is 0. The second-order valence-electron chi connectivity index (χ2n) is 28.4. The number of carbonyl (C=O) groups is 4. The van der Waals surface area contributed by atoms with Crippen LogP contribution in [0.25, 0.3) is 0 Å². The van der Waals surface area contributed by atoms with Gasteiger partial charge in [-0.15, -0.1) is 0 Å². The molecular weight excluding hydrogens is 1350 g/mol. The first-order chi connectivity index (χ1) is 50.7. The maximum Gasteiger partial charge on any atom is 0.472 e. The lowest BCUT2D eigenvalue weighted by atomic mass is 10.0. The summed E-state index contributed by atoms with van der Waals surface area (Å²) >= 11 is 0. The van der Waals surface area contributed by atoms with Crippen molar-refractivity contribution in [3.8, 4) is 0 Å². The van der Waals surface area contributed by atoms with Crippen LogP contribution in [0.15, 0.2) is 72.9 Å². The lowest BCUT2D eigenvalue weighted by Gasteiger charge is -2.21. The quantitative estimate of drug-likeness (QED) is 0.0169. The van der Waals surface area contributed by atoms with Gasteiger partial charge in [0.1, 0.15) is 19.3 Å². The summed E-state index contributed by atoms with van der Waals surface area (Å²) in [7, 11) is -9.95. The van der Waals surface area contributed by atoms with Gasteiger partial charge in [0.05, 0.1) is 26.4 Å². The van der Waals surface area contributed by atoms with E-state index in [9.17, 15) is 43.2 Å². The number of aliphatic hydroxyl groups is 1. The van der Waals surface area contributed by atoms with E-state index in [4.69, 9.17) is 37.0 Å². The van der Waals surface area contributed by atoms with Crippen LogP contribution in [0, 0.1) is 0 Å². The molecule has 5 atom stereocenters. The molecule has 0 radical (unpaired) electrons. The molecule has 0 bridgehead atoms. The van der Waals surface area contributed by atoms with Gasteiger partial charge in [-0.2, -0.15) is 0 Å². The lowest BCUT2D eigenvalue weighted by molar-refractivity contribution is -0.161. The molecule has 0 amide bonds. The van der Waals surface area contributed by atoms with Gasteiger partial charge in [-0.05, 0) is 96.3 Å². The zero-order chi connectivity index (χ0) is 76.0. The van der Waals surface area contributed by atoms with Crippen LogP contribution >= 0.6 is 15.6 Å². The fraction of sp³-hybridized carbons (Fsp3) is 0.812. The molecule has 0 saturated heterocycles. The molecule has 0 aliphatic rings. The second-order valence-corrected chi connectivity index (χ2v) is 31.3. The number of phosphoric acid groups is 2. The van der Waals surface area contributed by atoms with Crippen LogP contribution in [0.2, 0.25) is 0 Å². The maximum absolute atomic E-state index is 13.1. The molecule has 104 heavy (non-hydrogen) atoms. The van der Waals surface area contributed by atoms with Crippen molar-refractivity contribution in [3.05, 3.63) is 72.9 Å². The highest BCUT2D eigenvalue weighted by atomic mass is 31.2. The number of allylic oxidation sites excluding steroid dienone is 12. The number of hydrogen-bond donors (Lipinski definition) is 3. The van der Waals surface area contributed by atoms with Gasteiger partial charge in [0.15, 0.2) is 12.2 Å². The summed E-state index contributed by atoms with van der Waals surface area (Å²) in [5, 5.41) is 10.7. The SMILES string of the molecule is CC/C=C\C/C=C\C/C=C\C/C=C\CCCCCCCCC(=O)OCC(COP(=O)(O)OCC(O)COP(=O)(O)OCC(COC(=O)CCCCCCC/C=C\C/C=C\CCCCC)OC(=O)CCCCCCCCCCCCCCCCC)OC(=O)CCCCCCCCCCCCCCCCC. The van der Waals surface area contributed by atoms with E-state index in [1.807, 2.05) is 0 Å². The third-order valence-corrected chi connectivity index (χ3v) is 20.1. The van der Waals surface area contributed by atoms with Crippen molar-refractivity contribution in [2.75, 3.05) is 39.6 Å². The van der Waals surface area contributed by atoms with Crippen molar-refractivity contribution < 1.29 is 80.2 Å². The van der Waals surface area contributed by atoms with Crippen LogP contribution < -0.4 is 0 Å². The molecule has 0 aromatic rings. The van der Waals surface area contributed by atoms with Crippen molar-refractivity contribution >= 4 is 39.5 Å². The number of rotatable bonds is 80. The first-order valence-corrected chi connectivity index (χ1v) is 45.2. The Morgan fingerprint density at radius 3 is 0.788 bits per heavy atom. The number of unbranched alkanes of at least 4 members (excludes halogenated alkanes) is 42. The monoisotopic (exact) mass is 1510 g/mol. The number of phosphoric ester groups is 2. The second kappa shape index (κ2) is 77.7. The molecule has 0 fully saturated rings. The van der Waals surface area contributed by atoms with Crippen molar-refractivity contribution in [2.45, 2.75) is 406 Å². The summed E-state index contributed by atoms with van der Waals surface area (Å²) in [5.41, 5.74) is 0. The molecule has 606 valence electrons. The molecule has 0 aromatic carbocycles. The van der Waals surface area contributed by atoms with Gasteiger partial charge in [-0.1, -0.05) is 338 Å². The van der Waals surface area contributed by atoms with E-state index in [0.717, 1.165) is 161 Å². The predicted octanol–water partition coefficient (Wildman–Crippen LogP) is 24.8. The Bertz CT molecular complexity index is 2250. The minimum Gasteiger partial charge on any atom is -0.462 e. The molecular formula is C85H154O17P2. The maximum atomic E-state index is 13.1. The highest BCUT2D eigenvalue weighted by Crippen LogP contribution is 2.45. The third-order valence-electron chi connectivity index (χ3n) is 18.2. The highest BCUT2D eigenvalue weighted by molar-refractivity contribution is 7.47. The van der Waals surface area contributed by atoms with Crippen LogP contribution in [0.4, 0.5) is 0 Å². The summed E-state index contributed by atoms with van der Waals surface area (Å²) in [4.78, 5) is 73.2. The van der Waals surface area contributed by atoms with E-state index in [-0.39, 0.29) is 25.7 Å². The van der Waals surface area contributed by atoms with Gasteiger partial charge in [-0.3, -0.25) is 37.3 Å². The Morgan fingerprint density at radius 1 is 0.279 bits per heavy atom. The first-order valence-electron chi connectivity index (χ1n) is 42.2. The van der Waals surface area contributed by atoms with Crippen LogP contribution in [-0.2, 0) is 65.4 Å². The average Bonchev–Trinajstić information content (AvgIpc) is 0.918. The van der Waals surface area contributed by atoms with Gasteiger partial charge in [0.25, 0.3) is 0 Å². The van der Waals surface area contributed by atoms with E-state index in [1.165, 1.54) is 148 Å². The van der Waals surface area contributed by atoms with Crippen molar-refractivity contribution in [3.63, 3.8) is 0 Å². The zero-order valence-corrected chi connectivity index (χ0v) is 68.2. The van der Waals surface area contributed by atoms with Gasteiger partial charge < -0.3 is 33.8 Å². The van der Waals surface area contributed by atoms with Crippen LogP contribution in [0.3, 0.4) is 0 Å². The summed E-state index contributed by atoms with van der Waals surface area (Å²) < 4.78 is 68.8. The standard InChI is InChI=1S/C85H154O17P2/c1-5-9-13-17-21-25-29-33-37-38-39-40-44-46-50-54-58-62-66-70-83(88)96-76-81(102-85(90)72-68-64-60-56-52-48-43-36-32-28-24-20-16-12-8-4)78-100-104(93,94)98-74-79(86)73-97-103(91,92)99-77-80(101-84(89)71-67-63-59-55-51-47-42-35-31-27-23-19-15-11-7-3)75-95-82(87)69-65-61-57-53-49-45-41-34-30-26-22-18-14-10-6-2/h9,13,21-22,25-26,33-34,37,39-41,79-81,86H,5-8,10-12,14-20,23-24,27-32,35-36,38,42-78H2,1-4H3,(H,91,92)(H,93,94)/b13-9-,25-21-,26-22-,37-33-,40-39-,41-34-. The number of ether oxygens (including phenoxy) is 4. The Labute approximate surface area is 634 Å². The Kier molecular flexibility index (Phi) is 75.0. The number of aliphatic hydroxyl groups excluding tert-OH is 1. The normalized spacial score (nSPS) is 14.2. The zero-order valence-electron chi connectivity index (χ0n) is 66.5. The van der Waals surface area contributed by atoms with Gasteiger partial charge in [0, 0.05) is 25.7 Å². The Morgan fingerprint density at radius 2 is 0.500 bits per heavy atom. The molecule has 3 N–H and O–H groups in total. The minimum absolute atomic E-state index is 0.0973. The van der Waals surface area contributed by atoms with E-state index < -0.39 is 97.5 Å². The molecule has 19 heteroatoms. The van der Waals surface area contributed by atoms with Gasteiger partial charge in [0.2, 0.25) is 0 Å². The molecule has 0 rings (SSSR count). The minimum atomic E-state index is -4.98. The van der Waals surface area contributed by atoms with Crippen LogP contribution in [-0.4, -0.2) is 96.7 Å². The van der Waals surface area contributed by atoms with Crippen molar-refractivity contribution in [2.24, 2.45) is 0 Å². The molecule has 0 aliphatic heterocycles. The molecule has 0 spiro atoms. The molecule has 17 nitrogen and oxygen atoms in total. The molecule has 5 unspecified atom stereocenters. The summed E-state index contributed by atoms with van der Waals surface area (Å²) in [6.45, 7) is 4.80. The van der Waals surface area contributed by atoms with Crippen LogP contribution in [0.5, 0.6) is 0 Å². The van der Waals surface area contributed by atoms with Crippen molar-refractivity contribution in [1.82, 2.24) is 0 Å². The largest absolute Gasteiger partial charge is 0.472 e. The first kappa shape index (κ1) is 100. The number of hydrogen-bond acceptors (Lipinski definition) is 15. The van der Waals surface area contributed by atoms with Gasteiger partial charge >= 0.3 is 39.5 Å².